The number of carbonyl (C=O) groups excluding carboxylic acids is 1. The Morgan fingerprint density at radius 3 is 2.50 bits per heavy atom. The predicted octanol–water partition coefficient (Wildman–Crippen LogP) is 2.63. The number of rotatable bonds is 4. The third-order valence-corrected chi connectivity index (χ3v) is 5.84. The van der Waals surface area contributed by atoms with Crippen molar-refractivity contribution in [3.8, 4) is 0 Å². The highest BCUT2D eigenvalue weighted by molar-refractivity contribution is 6.32. The van der Waals surface area contributed by atoms with Gasteiger partial charge in [0.2, 0.25) is 5.91 Å². The number of likely N-dealkylation sites (tertiary alicyclic amines) is 1. The van der Waals surface area contributed by atoms with E-state index >= 15 is 0 Å². The van der Waals surface area contributed by atoms with Gasteiger partial charge in [-0.25, -0.2) is 0 Å². The molecule has 0 bridgehead atoms. The number of halogens is 1. The molecule has 2 aromatic rings. The molecular formula is C20H25ClN4O. The molecule has 2 fully saturated rings. The fraction of sp³-hybridized carbons (Fsp3) is 0.500. The lowest BCUT2D eigenvalue weighted by atomic mass is 10.1. The van der Waals surface area contributed by atoms with Crippen molar-refractivity contribution < 1.29 is 4.79 Å². The first-order chi connectivity index (χ1) is 12.7. The Morgan fingerprint density at radius 2 is 1.73 bits per heavy atom. The van der Waals surface area contributed by atoms with Gasteiger partial charge in [0.1, 0.15) is 0 Å². The molecule has 0 spiro atoms. The van der Waals surface area contributed by atoms with E-state index in [1.807, 2.05) is 29.3 Å². The Labute approximate surface area is 159 Å². The van der Waals surface area contributed by atoms with Crippen molar-refractivity contribution in [2.24, 2.45) is 0 Å². The molecule has 0 radical (unpaired) electrons. The van der Waals surface area contributed by atoms with Crippen LogP contribution < -0.4 is 0 Å². The Kier molecular flexibility index (Phi) is 5.38. The summed E-state index contributed by atoms with van der Waals surface area (Å²) in [6.07, 6.45) is 4.13. The number of pyridine rings is 1. The minimum Gasteiger partial charge on any atom is -0.342 e. The molecule has 2 aliphatic rings. The van der Waals surface area contributed by atoms with Crippen molar-refractivity contribution in [2.75, 3.05) is 45.8 Å². The standard InChI is InChI=1S/C20H25ClN4O/c21-18-6-5-16-4-3-7-22-20(16)17(18)14-23-10-12-24(13-11-23)15-19(26)25-8-1-2-9-25/h3-7H,1-2,8-15H2. The molecule has 5 nitrogen and oxygen atoms in total. The van der Waals surface area contributed by atoms with Gasteiger partial charge >= 0.3 is 0 Å². The molecule has 4 rings (SSSR count). The number of aromatic nitrogens is 1. The molecule has 1 amide bonds. The van der Waals surface area contributed by atoms with Crippen molar-refractivity contribution in [3.05, 3.63) is 41.0 Å². The van der Waals surface area contributed by atoms with Crippen LogP contribution in [-0.2, 0) is 11.3 Å². The van der Waals surface area contributed by atoms with E-state index in [1.54, 1.807) is 0 Å². The Morgan fingerprint density at radius 1 is 1.00 bits per heavy atom. The molecule has 1 aromatic heterocycles. The van der Waals surface area contributed by atoms with E-state index in [0.29, 0.717) is 6.54 Å². The van der Waals surface area contributed by atoms with Gasteiger partial charge < -0.3 is 4.90 Å². The number of carbonyl (C=O) groups is 1. The molecule has 1 aromatic carbocycles. The molecule has 6 heteroatoms. The van der Waals surface area contributed by atoms with Crippen LogP contribution in [0, 0.1) is 0 Å². The maximum absolute atomic E-state index is 12.3. The van der Waals surface area contributed by atoms with E-state index in [0.717, 1.165) is 80.1 Å². The molecule has 0 N–H and O–H groups in total. The fourth-order valence-electron chi connectivity index (χ4n) is 3.92. The first kappa shape index (κ1) is 17.7. The maximum atomic E-state index is 12.3. The maximum Gasteiger partial charge on any atom is 0.236 e. The lowest BCUT2D eigenvalue weighted by Gasteiger charge is -2.35. The fourth-order valence-corrected chi connectivity index (χ4v) is 4.13. The molecule has 138 valence electrons. The molecular weight excluding hydrogens is 348 g/mol. The van der Waals surface area contributed by atoms with Crippen LogP contribution in [0.5, 0.6) is 0 Å². The first-order valence-electron chi connectivity index (χ1n) is 9.45. The predicted molar refractivity (Wildman–Crippen MR) is 104 cm³/mol. The minimum absolute atomic E-state index is 0.289. The summed E-state index contributed by atoms with van der Waals surface area (Å²) in [4.78, 5) is 23.6. The third kappa shape index (κ3) is 3.85. The van der Waals surface area contributed by atoms with Gasteiger partial charge in [0.05, 0.1) is 12.1 Å². The second-order valence-electron chi connectivity index (χ2n) is 7.24. The van der Waals surface area contributed by atoms with Crippen molar-refractivity contribution in [3.63, 3.8) is 0 Å². The Hall–Kier alpha value is -1.69. The Balaban J connectivity index is 1.36. The molecule has 26 heavy (non-hydrogen) atoms. The van der Waals surface area contributed by atoms with E-state index in [2.05, 4.69) is 20.9 Å². The van der Waals surface area contributed by atoms with E-state index in [1.165, 1.54) is 0 Å². The lowest BCUT2D eigenvalue weighted by molar-refractivity contribution is -0.131. The zero-order valence-electron chi connectivity index (χ0n) is 15.0. The summed E-state index contributed by atoms with van der Waals surface area (Å²) >= 11 is 6.47. The minimum atomic E-state index is 0.289. The molecule has 2 aliphatic heterocycles. The number of piperazine rings is 1. The van der Waals surface area contributed by atoms with Crippen molar-refractivity contribution in [2.45, 2.75) is 19.4 Å². The van der Waals surface area contributed by atoms with Crippen LogP contribution in [-0.4, -0.2) is 71.4 Å². The molecule has 0 unspecified atom stereocenters. The van der Waals surface area contributed by atoms with Gasteiger partial charge in [-0.2, -0.15) is 0 Å². The molecule has 0 aliphatic carbocycles. The summed E-state index contributed by atoms with van der Waals surface area (Å²) in [7, 11) is 0. The third-order valence-electron chi connectivity index (χ3n) is 5.49. The highest BCUT2D eigenvalue weighted by atomic mass is 35.5. The van der Waals surface area contributed by atoms with Crippen LogP contribution in [0.15, 0.2) is 30.5 Å². The van der Waals surface area contributed by atoms with Crippen molar-refractivity contribution in [1.82, 2.24) is 19.7 Å². The van der Waals surface area contributed by atoms with Crippen LogP contribution in [0.1, 0.15) is 18.4 Å². The summed E-state index contributed by atoms with van der Waals surface area (Å²) < 4.78 is 0. The second kappa shape index (κ2) is 7.91. The first-order valence-corrected chi connectivity index (χ1v) is 9.83. The largest absolute Gasteiger partial charge is 0.342 e. The van der Waals surface area contributed by atoms with Gasteiger partial charge in [-0.15, -0.1) is 0 Å². The van der Waals surface area contributed by atoms with Gasteiger partial charge in [-0.1, -0.05) is 23.7 Å². The SMILES string of the molecule is O=C(CN1CCN(Cc2c(Cl)ccc3cccnc23)CC1)N1CCCC1. The summed E-state index contributed by atoms with van der Waals surface area (Å²) in [5, 5.41) is 1.91. The zero-order valence-corrected chi connectivity index (χ0v) is 15.8. The molecule has 2 saturated heterocycles. The number of benzene rings is 1. The van der Waals surface area contributed by atoms with Crippen molar-refractivity contribution in [1.29, 1.82) is 0 Å². The average Bonchev–Trinajstić information content (AvgIpc) is 3.20. The van der Waals surface area contributed by atoms with Crippen LogP contribution in [0.2, 0.25) is 5.02 Å². The van der Waals surface area contributed by atoms with Gasteiger partial charge in [0.25, 0.3) is 0 Å². The van der Waals surface area contributed by atoms with Gasteiger partial charge in [0, 0.05) is 68.0 Å². The number of amides is 1. The summed E-state index contributed by atoms with van der Waals surface area (Å²) in [6, 6.07) is 8.02. The topological polar surface area (TPSA) is 39.7 Å². The number of hydrogen-bond acceptors (Lipinski definition) is 4. The highest BCUT2D eigenvalue weighted by Gasteiger charge is 2.24. The van der Waals surface area contributed by atoms with Gasteiger partial charge in [-0.05, 0) is 25.0 Å². The van der Waals surface area contributed by atoms with E-state index < -0.39 is 0 Å². The number of fused-ring (bicyclic) bond motifs is 1. The second-order valence-corrected chi connectivity index (χ2v) is 7.65. The number of nitrogens with zero attached hydrogens (tertiary/aromatic N) is 4. The number of hydrogen-bond donors (Lipinski definition) is 0. The van der Waals surface area contributed by atoms with E-state index in [4.69, 9.17) is 11.6 Å². The quantitative estimate of drug-likeness (QED) is 0.827. The Bertz CT molecular complexity index is 782. The van der Waals surface area contributed by atoms with Crippen molar-refractivity contribution >= 4 is 28.4 Å². The average molecular weight is 373 g/mol. The van der Waals surface area contributed by atoms with Gasteiger partial charge in [-0.3, -0.25) is 19.6 Å². The lowest BCUT2D eigenvalue weighted by Crippen LogP contribution is -2.49. The monoisotopic (exact) mass is 372 g/mol. The highest BCUT2D eigenvalue weighted by Crippen LogP contribution is 2.26. The summed E-state index contributed by atoms with van der Waals surface area (Å²) in [5.74, 6) is 0.289. The summed E-state index contributed by atoms with van der Waals surface area (Å²) in [6.45, 7) is 6.99. The van der Waals surface area contributed by atoms with Crippen LogP contribution in [0.4, 0.5) is 0 Å². The van der Waals surface area contributed by atoms with Gasteiger partial charge in [0.15, 0.2) is 0 Å². The molecule has 0 atom stereocenters. The molecule has 3 heterocycles. The van der Waals surface area contributed by atoms with Crippen LogP contribution in [0.3, 0.4) is 0 Å². The van der Waals surface area contributed by atoms with Crippen LogP contribution in [0.25, 0.3) is 10.9 Å². The van der Waals surface area contributed by atoms with E-state index in [9.17, 15) is 4.79 Å². The van der Waals surface area contributed by atoms with E-state index in [-0.39, 0.29) is 5.91 Å². The molecule has 0 saturated carbocycles. The summed E-state index contributed by atoms with van der Waals surface area (Å²) in [5.41, 5.74) is 2.10. The van der Waals surface area contributed by atoms with Crippen LogP contribution >= 0.6 is 11.6 Å². The zero-order chi connectivity index (χ0) is 17.9. The normalized spacial score (nSPS) is 19.3. The smallest absolute Gasteiger partial charge is 0.236 e.